The van der Waals surface area contributed by atoms with Gasteiger partial charge in [-0.15, -0.1) is 0 Å². The molecule has 0 aromatic carbocycles. The van der Waals surface area contributed by atoms with E-state index in [0.29, 0.717) is 0 Å². The minimum atomic E-state index is -1.41. The lowest BCUT2D eigenvalue weighted by Gasteiger charge is -2.21. The quantitative estimate of drug-likeness (QED) is 0.511. The average molecular weight is 282 g/mol. The first-order valence-electron chi connectivity index (χ1n) is 8.30. The lowest BCUT2D eigenvalue weighted by molar-refractivity contribution is 0.212. The molecule has 2 aliphatic carbocycles. The molecule has 19 heavy (non-hydrogen) atoms. The van der Waals surface area contributed by atoms with Crippen molar-refractivity contribution < 1.29 is 8.85 Å². The summed E-state index contributed by atoms with van der Waals surface area (Å²) in [6.07, 6.45) is 17.1. The van der Waals surface area contributed by atoms with Crippen LogP contribution in [0.15, 0.2) is 12.2 Å². The summed E-state index contributed by atoms with van der Waals surface area (Å²) in [4.78, 5) is 0. The van der Waals surface area contributed by atoms with Crippen LogP contribution in [0.4, 0.5) is 0 Å². The Hall–Kier alpha value is -0.123. The molecular formula is C16H30O2Si. The molecule has 3 heteroatoms. The van der Waals surface area contributed by atoms with E-state index in [-0.39, 0.29) is 0 Å². The third kappa shape index (κ3) is 5.40. The van der Waals surface area contributed by atoms with Crippen molar-refractivity contribution in [3.05, 3.63) is 12.2 Å². The van der Waals surface area contributed by atoms with E-state index in [1.807, 2.05) is 0 Å². The van der Waals surface area contributed by atoms with Gasteiger partial charge in [-0.3, -0.25) is 0 Å². The van der Waals surface area contributed by atoms with Crippen LogP contribution in [0, 0.1) is 5.92 Å². The predicted molar refractivity (Wildman–Crippen MR) is 82.7 cm³/mol. The van der Waals surface area contributed by atoms with E-state index in [9.17, 15) is 0 Å². The topological polar surface area (TPSA) is 18.5 Å². The second-order valence-corrected chi connectivity index (χ2v) is 8.37. The van der Waals surface area contributed by atoms with Gasteiger partial charge in [0.1, 0.15) is 0 Å². The molecular weight excluding hydrogens is 252 g/mol. The first-order chi connectivity index (χ1) is 9.40. The minimum Gasteiger partial charge on any atom is -0.397 e. The lowest BCUT2D eigenvalue weighted by Crippen LogP contribution is -2.28. The van der Waals surface area contributed by atoms with Gasteiger partial charge in [0, 0.05) is 6.61 Å². The molecule has 2 aliphatic rings. The van der Waals surface area contributed by atoms with Crippen LogP contribution >= 0.6 is 0 Å². The molecule has 1 unspecified atom stereocenters. The highest BCUT2D eigenvalue weighted by atomic mass is 28.3. The fraction of sp³-hybridized carbons (Fsp3) is 0.875. The van der Waals surface area contributed by atoms with Crippen molar-refractivity contribution in [1.29, 1.82) is 0 Å². The normalized spacial score (nSPS) is 24.3. The Bertz CT molecular complexity index is 255. The van der Waals surface area contributed by atoms with Gasteiger partial charge >= 0.3 is 9.28 Å². The lowest BCUT2D eigenvalue weighted by atomic mass is 9.89. The monoisotopic (exact) mass is 282 g/mol. The molecule has 2 rings (SSSR count). The van der Waals surface area contributed by atoms with Crippen molar-refractivity contribution in [3.63, 3.8) is 0 Å². The smallest absolute Gasteiger partial charge is 0.324 e. The van der Waals surface area contributed by atoms with Crippen LogP contribution in [0.25, 0.3) is 0 Å². The van der Waals surface area contributed by atoms with E-state index in [2.05, 4.69) is 19.1 Å². The van der Waals surface area contributed by atoms with Gasteiger partial charge in [0.2, 0.25) is 0 Å². The number of hydrogen-bond donors (Lipinski definition) is 0. The second-order valence-electron chi connectivity index (χ2n) is 6.03. The minimum absolute atomic E-state index is 0.767. The number of allylic oxidation sites excluding steroid dienone is 1. The van der Waals surface area contributed by atoms with Gasteiger partial charge in [-0.1, -0.05) is 44.3 Å². The van der Waals surface area contributed by atoms with E-state index in [1.54, 1.807) is 0 Å². The largest absolute Gasteiger partial charge is 0.397 e. The molecule has 0 aliphatic heterocycles. The molecule has 0 amide bonds. The molecule has 0 aromatic rings. The Morgan fingerprint density at radius 1 is 0.947 bits per heavy atom. The average Bonchev–Trinajstić information content (AvgIpc) is 2.97. The van der Waals surface area contributed by atoms with Crippen LogP contribution in [0.5, 0.6) is 0 Å². The zero-order chi connectivity index (χ0) is 13.3. The zero-order valence-electron chi connectivity index (χ0n) is 12.5. The fourth-order valence-corrected chi connectivity index (χ4v) is 5.72. The Kier molecular flexibility index (Phi) is 7.18. The molecule has 0 N–H and O–H groups in total. The van der Waals surface area contributed by atoms with Crippen molar-refractivity contribution in [1.82, 2.24) is 0 Å². The first-order valence-corrected chi connectivity index (χ1v) is 9.91. The van der Waals surface area contributed by atoms with E-state index in [1.165, 1.54) is 57.8 Å². The van der Waals surface area contributed by atoms with Crippen LogP contribution in [0.3, 0.4) is 0 Å². The maximum Gasteiger partial charge on any atom is 0.324 e. The van der Waals surface area contributed by atoms with Crippen LogP contribution in [0.1, 0.15) is 64.7 Å². The summed E-state index contributed by atoms with van der Waals surface area (Å²) in [5.74, 6) is 0.816. The second kappa shape index (κ2) is 8.93. The summed E-state index contributed by atoms with van der Waals surface area (Å²) >= 11 is 0. The highest BCUT2D eigenvalue weighted by Gasteiger charge is 2.28. The summed E-state index contributed by atoms with van der Waals surface area (Å²) in [6.45, 7) is 3.69. The van der Waals surface area contributed by atoms with Gasteiger partial charge in [-0.05, 0) is 44.1 Å². The first kappa shape index (κ1) is 15.3. The van der Waals surface area contributed by atoms with E-state index in [0.717, 1.165) is 24.7 Å². The standard InChI is InChI=1S/C16H30O2Si/c1-2-17-19(16-12-6-7-13-16)18-14-8-11-15-9-4-3-5-10-15/h8,11,15-16,19H,2-7,9-10,12-14H2,1H3. The third-order valence-electron chi connectivity index (χ3n) is 4.53. The molecule has 2 saturated carbocycles. The van der Waals surface area contributed by atoms with Crippen molar-refractivity contribution in [2.75, 3.05) is 13.2 Å². The molecule has 0 heterocycles. The van der Waals surface area contributed by atoms with Crippen molar-refractivity contribution in [3.8, 4) is 0 Å². The van der Waals surface area contributed by atoms with E-state index < -0.39 is 9.28 Å². The maximum absolute atomic E-state index is 6.09. The molecule has 0 aromatic heterocycles. The summed E-state index contributed by atoms with van der Waals surface area (Å²) in [5, 5.41) is 0. The Labute approximate surface area is 120 Å². The molecule has 0 radical (unpaired) electrons. The van der Waals surface area contributed by atoms with Gasteiger partial charge in [0.05, 0.1) is 6.61 Å². The van der Waals surface area contributed by atoms with Gasteiger partial charge < -0.3 is 8.85 Å². The zero-order valence-corrected chi connectivity index (χ0v) is 13.6. The SMILES string of the molecule is CCO[SiH](OCC=CC1CCCCC1)C1CCCC1. The Morgan fingerprint density at radius 3 is 2.32 bits per heavy atom. The fourth-order valence-electron chi connectivity index (χ4n) is 3.44. The van der Waals surface area contributed by atoms with Crippen molar-refractivity contribution in [2.45, 2.75) is 70.3 Å². The van der Waals surface area contributed by atoms with Gasteiger partial charge in [-0.25, -0.2) is 0 Å². The number of hydrogen-bond acceptors (Lipinski definition) is 2. The third-order valence-corrected chi connectivity index (χ3v) is 7.15. The highest BCUT2D eigenvalue weighted by Crippen LogP contribution is 2.33. The summed E-state index contributed by atoms with van der Waals surface area (Å²) < 4.78 is 12.0. The van der Waals surface area contributed by atoms with Crippen LogP contribution in [0.2, 0.25) is 5.54 Å². The van der Waals surface area contributed by atoms with E-state index in [4.69, 9.17) is 8.85 Å². The highest BCUT2D eigenvalue weighted by molar-refractivity contribution is 6.46. The maximum atomic E-state index is 6.09. The van der Waals surface area contributed by atoms with Crippen molar-refractivity contribution >= 4 is 9.28 Å². The number of rotatable bonds is 7. The Morgan fingerprint density at radius 2 is 1.63 bits per heavy atom. The van der Waals surface area contributed by atoms with Crippen LogP contribution < -0.4 is 0 Å². The van der Waals surface area contributed by atoms with Gasteiger partial charge in [-0.2, -0.15) is 0 Å². The van der Waals surface area contributed by atoms with E-state index >= 15 is 0 Å². The van der Waals surface area contributed by atoms with Crippen LogP contribution in [-0.2, 0) is 8.85 Å². The molecule has 1 atom stereocenters. The predicted octanol–water partition coefficient (Wildman–Crippen LogP) is 4.34. The molecule has 0 saturated heterocycles. The molecule has 0 spiro atoms. The molecule has 2 fully saturated rings. The van der Waals surface area contributed by atoms with Crippen LogP contribution in [-0.4, -0.2) is 22.5 Å². The summed E-state index contributed by atoms with van der Waals surface area (Å²) in [5.41, 5.74) is 0.767. The molecule has 110 valence electrons. The van der Waals surface area contributed by atoms with Gasteiger partial charge in [0.25, 0.3) is 0 Å². The summed E-state index contributed by atoms with van der Waals surface area (Å²) in [7, 11) is -1.41. The van der Waals surface area contributed by atoms with Crippen molar-refractivity contribution in [2.24, 2.45) is 5.92 Å². The summed E-state index contributed by atoms with van der Waals surface area (Å²) in [6, 6.07) is 0. The van der Waals surface area contributed by atoms with Gasteiger partial charge in [0.15, 0.2) is 0 Å². The molecule has 0 bridgehead atoms. The molecule has 2 nitrogen and oxygen atoms in total. The Balaban J connectivity index is 1.67.